The Morgan fingerprint density at radius 1 is 1.62 bits per heavy atom. The van der Waals surface area contributed by atoms with E-state index >= 15 is 0 Å². The Balaban J connectivity index is 2.50. The fraction of sp³-hybridized carbons (Fsp3) is 0.636. The van der Waals surface area contributed by atoms with Crippen LogP contribution >= 0.6 is 12.2 Å². The average Bonchev–Trinajstić information content (AvgIpc) is 2.57. The second kappa shape index (κ2) is 5.96. The van der Waals surface area contributed by atoms with E-state index in [1.807, 2.05) is 24.0 Å². The van der Waals surface area contributed by atoms with Gasteiger partial charge in [-0.2, -0.15) is 5.10 Å². The molecule has 0 amide bonds. The van der Waals surface area contributed by atoms with Crippen molar-refractivity contribution in [2.45, 2.75) is 26.3 Å². The number of hydrogen-bond acceptors (Lipinski definition) is 3. The minimum absolute atomic E-state index is 0.453. The van der Waals surface area contributed by atoms with Crippen LogP contribution in [0.4, 0.5) is 0 Å². The Morgan fingerprint density at radius 2 is 2.31 bits per heavy atom. The van der Waals surface area contributed by atoms with Crippen molar-refractivity contribution in [2.75, 3.05) is 13.1 Å². The molecule has 0 unspecified atom stereocenters. The Hall–Kier alpha value is -0.940. The monoisotopic (exact) mass is 240 g/mol. The zero-order chi connectivity index (χ0) is 12.1. The molecule has 1 rings (SSSR count). The molecule has 0 aliphatic rings. The number of rotatable bonds is 6. The molecule has 4 nitrogen and oxygen atoms in total. The zero-order valence-electron chi connectivity index (χ0n) is 10.2. The second-order valence-corrected chi connectivity index (χ2v) is 4.75. The van der Waals surface area contributed by atoms with Crippen molar-refractivity contribution in [3.63, 3.8) is 0 Å². The number of hydrogen-bond donors (Lipinski definition) is 1. The summed E-state index contributed by atoms with van der Waals surface area (Å²) < 4.78 is 1.90. The Kier molecular flexibility index (Phi) is 4.89. The topological polar surface area (TPSA) is 47.1 Å². The van der Waals surface area contributed by atoms with Gasteiger partial charge in [0.05, 0.1) is 4.99 Å². The van der Waals surface area contributed by atoms with Gasteiger partial charge in [-0.25, -0.2) is 0 Å². The first-order chi connectivity index (χ1) is 7.50. The summed E-state index contributed by atoms with van der Waals surface area (Å²) in [5, 5.41) is 4.15. The van der Waals surface area contributed by atoms with Crippen molar-refractivity contribution >= 4 is 17.2 Å². The Labute approximate surface area is 102 Å². The van der Waals surface area contributed by atoms with Gasteiger partial charge in [0, 0.05) is 44.5 Å². The molecule has 0 radical (unpaired) electrons. The molecule has 1 aromatic rings. The van der Waals surface area contributed by atoms with Crippen molar-refractivity contribution in [1.29, 1.82) is 0 Å². The molecule has 0 aliphatic carbocycles. The predicted molar refractivity (Wildman–Crippen MR) is 70.4 cm³/mol. The lowest BCUT2D eigenvalue weighted by Gasteiger charge is -2.25. The van der Waals surface area contributed by atoms with E-state index in [9.17, 15) is 0 Å². The fourth-order valence-electron chi connectivity index (χ4n) is 1.62. The summed E-state index contributed by atoms with van der Waals surface area (Å²) in [5.41, 5.74) is 6.81. The Morgan fingerprint density at radius 3 is 2.75 bits per heavy atom. The summed E-state index contributed by atoms with van der Waals surface area (Å²) in [6.45, 7) is 5.95. The third-order valence-corrected chi connectivity index (χ3v) is 2.80. The second-order valence-electron chi connectivity index (χ2n) is 4.23. The van der Waals surface area contributed by atoms with E-state index in [1.54, 1.807) is 0 Å². The van der Waals surface area contributed by atoms with Crippen LogP contribution in [0.2, 0.25) is 0 Å². The Bertz CT molecular complexity index is 346. The summed E-state index contributed by atoms with van der Waals surface area (Å²) in [4.78, 5) is 2.83. The number of aryl methyl sites for hydroxylation is 1. The van der Waals surface area contributed by atoms with Crippen LogP contribution in [0.3, 0.4) is 0 Å². The molecule has 5 heteroatoms. The van der Waals surface area contributed by atoms with Gasteiger partial charge in [0.25, 0.3) is 0 Å². The normalized spacial score (nSPS) is 11.3. The van der Waals surface area contributed by atoms with Gasteiger partial charge in [-0.15, -0.1) is 0 Å². The standard InChI is InChI=1S/C11H20N4S/c1-9(2)15(8-11(12)16)7-5-10-4-6-13-14(10)3/h4,6,9H,5,7-8H2,1-3H3,(H2,12,16). The van der Waals surface area contributed by atoms with E-state index in [1.165, 1.54) is 5.69 Å². The van der Waals surface area contributed by atoms with Crippen molar-refractivity contribution in [2.24, 2.45) is 12.8 Å². The van der Waals surface area contributed by atoms with Gasteiger partial charge in [0.15, 0.2) is 0 Å². The van der Waals surface area contributed by atoms with Crippen LogP contribution in [-0.4, -0.2) is 38.8 Å². The highest BCUT2D eigenvalue weighted by Crippen LogP contribution is 2.03. The van der Waals surface area contributed by atoms with E-state index in [2.05, 4.69) is 23.8 Å². The van der Waals surface area contributed by atoms with E-state index in [-0.39, 0.29) is 0 Å². The molecule has 0 saturated carbocycles. The van der Waals surface area contributed by atoms with Crippen LogP contribution in [0.1, 0.15) is 19.5 Å². The molecule has 2 N–H and O–H groups in total. The first-order valence-electron chi connectivity index (χ1n) is 5.50. The van der Waals surface area contributed by atoms with Crippen LogP contribution < -0.4 is 5.73 Å². The average molecular weight is 240 g/mol. The van der Waals surface area contributed by atoms with Gasteiger partial charge in [-0.3, -0.25) is 9.58 Å². The first kappa shape index (κ1) is 13.1. The largest absolute Gasteiger partial charge is 0.392 e. The molecular weight excluding hydrogens is 220 g/mol. The van der Waals surface area contributed by atoms with Crippen LogP contribution in [0, 0.1) is 0 Å². The van der Waals surface area contributed by atoms with Crippen LogP contribution in [-0.2, 0) is 13.5 Å². The van der Waals surface area contributed by atoms with Gasteiger partial charge < -0.3 is 5.73 Å². The summed E-state index contributed by atoms with van der Waals surface area (Å²) in [6.07, 6.45) is 2.79. The highest BCUT2D eigenvalue weighted by molar-refractivity contribution is 7.80. The summed E-state index contributed by atoms with van der Waals surface area (Å²) in [5.74, 6) is 0. The lowest BCUT2D eigenvalue weighted by atomic mass is 10.2. The molecular formula is C11H20N4S. The maximum atomic E-state index is 5.58. The third kappa shape index (κ3) is 3.90. The van der Waals surface area contributed by atoms with Crippen molar-refractivity contribution in [1.82, 2.24) is 14.7 Å². The van der Waals surface area contributed by atoms with Crippen molar-refractivity contribution in [3.8, 4) is 0 Å². The highest BCUT2D eigenvalue weighted by atomic mass is 32.1. The minimum atomic E-state index is 0.453. The quantitative estimate of drug-likeness (QED) is 0.752. The smallest absolute Gasteiger partial charge is 0.0870 e. The highest BCUT2D eigenvalue weighted by Gasteiger charge is 2.11. The molecule has 16 heavy (non-hydrogen) atoms. The van der Waals surface area contributed by atoms with Gasteiger partial charge in [0.2, 0.25) is 0 Å². The van der Waals surface area contributed by atoms with E-state index in [0.717, 1.165) is 13.0 Å². The van der Waals surface area contributed by atoms with E-state index < -0.39 is 0 Å². The summed E-state index contributed by atoms with van der Waals surface area (Å²) >= 11 is 4.95. The van der Waals surface area contributed by atoms with Gasteiger partial charge >= 0.3 is 0 Å². The third-order valence-electron chi connectivity index (χ3n) is 2.67. The fourth-order valence-corrected chi connectivity index (χ4v) is 1.79. The lowest BCUT2D eigenvalue weighted by Crippen LogP contribution is -2.39. The minimum Gasteiger partial charge on any atom is -0.392 e. The molecule has 0 fully saturated rings. The lowest BCUT2D eigenvalue weighted by molar-refractivity contribution is 0.255. The number of nitrogens with zero attached hydrogens (tertiary/aromatic N) is 3. The zero-order valence-corrected chi connectivity index (χ0v) is 11.0. The number of aromatic nitrogens is 2. The van der Waals surface area contributed by atoms with E-state index in [4.69, 9.17) is 18.0 Å². The molecule has 0 bridgehead atoms. The summed E-state index contributed by atoms with van der Waals surface area (Å²) in [6, 6.07) is 2.49. The molecule has 1 heterocycles. The van der Waals surface area contributed by atoms with E-state index in [0.29, 0.717) is 17.6 Å². The molecule has 90 valence electrons. The molecule has 0 atom stereocenters. The van der Waals surface area contributed by atoms with Crippen molar-refractivity contribution in [3.05, 3.63) is 18.0 Å². The van der Waals surface area contributed by atoms with Gasteiger partial charge in [0.1, 0.15) is 0 Å². The maximum absolute atomic E-state index is 5.58. The number of nitrogens with two attached hydrogens (primary N) is 1. The van der Waals surface area contributed by atoms with Gasteiger partial charge in [-0.05, 0) is 19.9 Å². The predicted octanol–water partition coefficient (Wildman–Crippen LogP) is 0.959. The summed E-state index contributed by atoms with van der Waals surface area (Å²) in [7, 11) is 1.96. The SMILES string of the molecule is CC(C)N(CCc1ccnn1C)CC(N)=S. The molecule has 0 spiro atoms. The first-order valence-corrected chi connectivity index (χ1v) is 5.90. The van der Waals surface area contributed by atoms with Crippen LogP contribution in [0.15, 0.2) is 12.3 Å². The molecule has 0 aliphatic heterocycles. The molecule has 0 saturated heterocycles. The van der Waals surface area contributed by atoms with Crippen LogP contribution in [0.25, 0.3) is 0 Å². The van der Waals surface area contributed by atoms with Crippen LogP contribution in [0.5, 0.6) is 0 Å². The molecule has 0 aromatic carbocycles. The maximum Gasteiger partial charge on any atom is 0.0870 e. The molecule has 1 aromatic heterocycles. The van der Waals surface area contributed by atoms with Crippen molar-refractivity contribution < 1.29 is 0 Å². The van der Waals surface area contributed by atoms with Gasteiger partial charge in [-0.1, -0.05) is 12.2 Å². The number of thiocarbonyl (C=S) groups is 1.